The molecule has 0 fully saturated rings. The van der Waals surface area contributed by atoms with E-state index in [-0.39, 0.29) is 12.9 Å². The lowest BCUT2D eigenvalue weighted by atomic mass is 10.2. The molecule has 0 radical (unpaired) electrons. The molecule has 3 nitrogen and oxygen atoms in total. The number of fused-ring (bicyclic) bond motifs is 1. The van der Waals surface area contributed by atoms with E-state index in [0.717, 1.165) is 10.9 Å². The van der Waals surface area contributed by atoms with Crippen molar-refractivity contribution in [1.82, 2.24) is 4.98 Å². The number of para-hydroxylation sites is 1. The molecule has 1 atom stereocenters. The van der Waals surface area contributed by atoms with Crippen LogP contribution in [0.4, 0.5) is 4.39 Å². The van der Waals surface area contributed by atoms with Crippen LogP contribution < -0.4 is 0 Å². The SMILES string of the molecule is O=COC(F)Cc1cc2ccccc2[nH]1. The number of halogens is 1. The van der Waals surface area contributed by atoms with Gasteiger partial charge in [0.2, 0.25) is 6.36 Å². The number of benzene rings is 1. The molecule has 0 aliphatic rings. The molecule has 0 aliphatic carbocycles. The van der Waals surface area contributed by atoms with Gasteiger partial charge in [0.05, 0.1) is 6.42 Å². The van der Waals surface area contributed by atoms with Crippen LogP contribution in [0.15, 0.2) is 30.3 Å². The van der Waals surface area contributed by atoms with Crippen LogP contribution in [0.5, 0.6) is 0 Å². The highest BCUT2D eigenvalue weighted by atomic mass is 19.1. The Morgan fingerprint density at radius 1 is 1.47 bits per heavy atom. The molecule has 1 N–H and O–H groups in total. The Labute approximate surface area is 85.9 Å². The number of alkyl halides is 1. The van der Waals surface area contributed by atoms with Crippen LogP contribution in [0, 0.1) is 0 Å². The third-order valence-electron chi connectivity index (χ3n) is 2.17. The molecular formula is C11H10FNO2. The highest BCUT2D eigenvalue weighted by molar-refractivity contribution is 5.80. The van der Waals surface area contributed by atoms with Gasteiger partial charge in [-0.2, -0.15) is 0 Å². The van der Waals surface area contributed by atoms with Crippen molar-refractivity contribution in [3.63, 3.8) is 0 Å². The van der Waals surface area contributed by atoms with Crippen molar-refractivity contribution in [2.24, 2.45) is 0 Å². The summed E-state index contributed by atoms with van der Waals surface area (Å²) < 4.78 is 17.1. The van der Waals surface area contributed by atoms with Gasteiger partial charge in [-0.1, -0.05) is 18.2 Å². The number of aromatic amines is 1. The van der Waals surface area contributed by atoms with E-state index in [1.165, 1.54) is 0 Å². The average molecular weight is 207 g/mol. The van der Waals surface area contributed by atoms with Gasteiger partial charge < -0.3 is 9.72 Å². The van der Waals surface area contributed by atoms with Crippen molar-refractivity contribution in [2.75, 3.05) is 0 Å². The van der Waals surface area contributed by atoms with E-state index < -0.39 is 6.36 Å². The lowest BCUT2D eigenvalue weighted by Crippen LogP contribution is -2.08. The molecule has 0 saturated carbocycles. The van der Waals surface area contributed by atoms with Crippen LogP contribution in [0.1, 0.15) is 5.69 Å². The molecule has 0 aliphatic heterocycles. The first-order valence-electron chi connectivity index (χ1n) is 4.59. The Hall–Kier alpha value is -1.84. The minimum atomic E-state index is -1.59. The largest absolute Gasteiger partial charge is 0.433 e. The average Bonchev–Trinajstić information content (AvgIpc) is 2.59. The number of rotatable bonds is 4. The van der Waals surface area contributed by atoms with Crippen molar-refractivity contribution in [3.05, 3.63) is 36.0 Å². The fourth-order valence-corrected chi connectivity index (χ4v) is 1.52. The summed E-state index contributed by atoms with van der Waals surface area (Å²) in [6.45, 7) is 0.118. The molecule has 2 aromatic rings. The minimum Gasteiger partial charge on any atom is -0.433 e. The van der Waals surface area contributed by atoms with E-state index in [4.69, 9.17) is 0 Å². The number of hydrogen-bond donors (Lipinski definition) is 1. The van der Waals surface area contributed by atoms with Crippen LogP contribution >= 0.6 is 0 Å². The van der Waals surface area contributed by atoms with Gasteiger partial charge in [-0.3, -0.25) is 4.79 Å². The fourth-order valence-electron chi connectivity index (χ4n) is 1.52. The molecule has 0 spiro atoms. The summed E-state index contributed by atoms with van der Waals surface area (Å²) in [4.78, 5) is 13.0. The van der Waals surface area contributed by atoms with Gasteiger partial charge in [-0.25, -0.2) is 4.39 Å². The van der Waals surface area contributed by atoms with Crippen molar-refractivity contribution in [1.29, 1.82) is 0 Å². The Morgan fingerprint density at radius 2 is 2.27 bits per heavy atom. The summed E-state index contributed by atoms with van der Waals surface area (Å²) in [6, 6.07) is 9.50. The van der Waals surface area contributed by atoms with Crippen molar-refractivity contribution in [2.45, 2.75) is 12.8 Å². The van der Waals surface area contributed by atoms with Gasteiger partial charge in [0.25, 0.3) is 6.47 Å². The highest BCUT2D eigenvalue weighted by Gasteiger charge is 2.09. The van der Waals surface area contributed by atoms with E-state index >= 15 is 0 Å². The summed E-state index contributed by atoms with van der Waals surface area (Å²) in [5, 5.41) is 1.02. The predicted octanol–water partition coefficient (Wildman–Crippen LogP) is 2.18. The maximum Gasteiger partial charge on any atom is 0.295 e. The van der Waals surface area contributed by atoms with E-state index in [9.17, 15) is 9.18 Å². The smallest absolute Gasteiger partial charge is 0.295 e. The van der Waals surface area contributed by atoms with Gasteiger partial charge >= 0.3 is 0 Å². The van der Waals surface area contributed by atoms with Crippen LogP contribution in [-0.2, 0) is 16.0 Å². The summed E-state index contributed by atoms with van der Waals surface area (Å²) >= 11 is 0. The molecule has 1 unspecified atom stereocenters. The predicted molar refractivity (Wildman–Crippen MR) is 54.0 cm³/mol. The number of hydrogen-bond acceptors (Lipinski definition) is 2. The molecule has 1 heterocycles. The second-order valence-electron chi connectivity index (χ2n) is 3.23. The second kappa shape index (κ2) is 4.13. The fraction of sp³-hybridized carbons (Fsp3) is 0.182. The first-order valence-corrected chi connectivity index (χ1v) is 4.59. The minimum absolute atomic E-state index is 0.0490. The zero-order chi connectivity index (χ0) is 10.7. The molecule has 0 saturated heterocycles. The molecule has 1 aromatic heterocycles. The molecule has 4 heteroatoms. The van der Waals surface area contributed by atoms with Gasteiger partial charge in [-0.15, -0.1) is 0 Å². The standard InChI is InChI=1S/C11H10FNO2/c12-11(15-7-14)6-9-5-8-3-1-2-4-10(8)13-9/h1-5,7,11,13H,6H2. The lowest BCUT2D eigenvalue weighted by Gasteiger charge is -2.02. The normalized spacial score (nSPS) is 12.6. The summed E-state index contributed by atoms with van der Waals surface area (Å²) in [5.41, 5.74) is 1.66. The summed E-state index contributed by atoms with van der Waals surface area (Å²) in [5.74, 6) is 0. The Kier molecular flexibility index (Phi) is 2.67. The van der Waals surface area contributed by atoms with Gasteiger partial charge in [0.1, 0.15) is 0 Å². The van der Waals surface area contributed by atoms with Crippen LogP contribution in [-0.4, -0.2) is 17.8 Å². The van der Waals surface area contributed by atoms with Crippen LogP contribution in [0.25, 0.3) is 10.9 Å². The quantitative estimate of drug-likeness (QED) is 0.781. The third kappa shape index (κ3) is 2.15. The van der Waals surface area contributed by atoms with E-state index in [1.54, 1.807) is 0 Å². The Morgan fingerprint density at radius 3 is 3.00 bits per heavy atom. The third-order valence-corrected chi connectivity index (χ3v) is 2.17. The topological polar surface area (TPSA) is 42.1 Å². The Bertz CT molecular complexity index is 433. The molecule has 2 rings (SSSR count). The zero-order valence-electron chi connectivity index (χ0n) is 7.94. The molecular weight excluding hydrogens is 197 g/mol. The number of carbonyl (C=O) groups excluding carboxylic acids is 1. The molecule has 15 heavy (non-hydrogen) atoms. The number of carbonyl (C=O) groups is 1. The Balaban J connectivity index is 2.18. The summed E-state index contributed by atoms with van der Waals surface area (Å²) in [6.07, 6.45) is -1.54. The second-order valence-corrected chi connectivity index (χ2v) is 3.23. The van der Waals surface area contributed by atoms with E-state index in [1.807, 2.05) is 30.3 Å². The first-order chi connectivity index (χ1) is 7.29. The highest BCUT2D eigenvalue weighted by Crippen LogP contribution is 2.16. The van der Waals surface area contributed by atoms with Crippen molar-refractivity contribution < 1.29 is 13.9 Å². The lowest BCUT2D eigenvalue weighted by molar-refractivity contribution is -0.141. The van der Waals surface area contributed by atoms with E-state index in [2.05, 4.69) is 9.72 Å². The molecule has 0 amide bonds. The monoisotopic (exact) mass is 207 g/mol. The van der Waals surface area contributed by atoms with Crippen LogP contribution in [0.3, 0.4) is 0 Å². The number of ether oxygens (including phenoxy) is 1. The number of aromatic nitrogens is 1. The molecule has 78 valence electrons. The van der Waals surface area contributed by atoms with Crippen molar-refractivity contribution in [3.8, 4) is 0 Å². The number of H-pyrrole nitrogens is 1. The number of nitrogens with one attached hydrogen (secondary N) is 1. The maximum atomic E-state index is 12.9. The van der Waals surface area contributed by atoms with Crippen molar-refractivity contribution >= 4 is 17.4 Å². The maximum absolute atomic E-state index is 12.9. The summed E-state index contributed by atoms with van der Waals surface area (Å²) in [7, 11) is 0. The van der Waals surface area contributed by atoms with Crippen LogP contribution in [0.2, 0.25) is 0 Å². The zero-order valence-corrected chi connectivity index (χ0v) is 7.94. The van der Waals surface area contributed by atoms with Gasteiger partial charge in [0, 0.05) is 11.2 Å². The molecule has 1 aromatic carbocycles. The first kappa shape index (κ1) is 9.71. The molecule has 0 bridgehead atoms. The van der Waals surface area contributed by atoms with Gasteiger partial charge in [-0.05, 0) is 17.5 Å². The van der Waals surface area contributed by atoms with E-state index in [0.29, 0.717) is 5.69 Å². The van der Waals surface area contributed by atoms with Gasteiger partial charge in [0.15, 0.2) is 0 Å².